The molecule has 0 aliphatic carbocycles. The van der Waals surface area contributed by atoms with Crippen LogP contribution < -0.4 is 10.6 Å². The van der Waals surface area contributed by atoms with Crippen molar-refractivity contribution in [2.24, 2.45) is 0 Å². The molecule has 1 unspecified atom stereocenters. The van der Waals surface area contributed by atoms with Gasteiger partial charge >= 0.3 is 0 Å². The van der Waals surface area contributed by atoms with Crippen LogP contribution >= 0.6 is 0 Å². The maximum atomic E-state index is 12.3. The minimum absolute atomic E-state index is 0.0635. The molecule has 0 saturated heterocycles. The van der Waals surface area contributed by atoms with Crippen molar-refractivity contribution in [3.63, 3.8) is 0 Å². The Morgan fingerprint density at radius 3 is 2.95 bits per heavy atom. The zero-order valence-electron chi connectivity index (χ0n) is 12.6. The quantitative estimate of drug-likeness (QED) is 0.857. The van der Waals surface area contributed by atoms with Crippen molar-refractivity contribution < 1.29 is 9.21 Å². The molecule has 5 nitrogen and oxygen atoms in total. The van der Waals surface area contributed by atoms with E-state index in [-0.39, 0.29) is 11.9 Å². The molecule has 0 radical (unpaired) electrons. The molecular formula is C16H21N3O2. The van der Waals surface area contributed by atoms with E-state index in [0.29, 0.717) is 5.56 Å². The predicted octanol–water partition coefficient (Wildman–Crippen LogP) is 2.78. The number of furan rings is 1. The van der Waals surface area contributed by atoms with Crippen LogP contribution in [0.1, 0.15) is 35.2 Å². The standard InChI is InChI=1S/C16H21N3O2/c1-11(6-7-13-5-4-8-21-13)19-16(20)14-10-18-12(2)9-15(14)17-3/h4-5,8-11H,6-7H2,1-3H3,(H,17,18)(H,19,20). The highest BCUT2D eigenvalue weighted by molar-refractivity contribution is 5.99. The van der Waals surface area contributed by atoms with Gasteiger partial charge in [-0.1, -0.05) is 0 Å². The average molecular weight is 287 g/mol. The topological polar surface area (TPSA) is 67.2 Å². The van der Waals surface area contributed by atoms with E-state index in [0.717, 1.165) is 30.0 Å². The molecular weight excluding hydrogens is 266 g/mol. The van der Waals surface area contributed by atoms with Crippen LogP contribution in [-0.4, -0.2) is 24.0 Å². The van der Waals surface area contributed by atoms with E-state index in [1.807, 2.05) is 32.0 Å². The third-order valence-electron chi connectivity index (χ3n) is 3.34. The Bertz CT molecular complexity index is 594. The van der Waals surface area contributed by atoms with Crippen LogP contribution in [0.3, 0.4) is 0 Å². The number of rotatable bonds is 6. The van der Waals surface area contributed by atoms with Crippen molar-refractivity contribution >= 4 is 11.6 Å². The second-order valence-electron chi connectivity index (χ2n) is 5.11. The smallest absolute Gasteiger partial charge is 0.255 e. The normalized spacial score (nSPS) is 12.0. The molecule has 2 aromatic rings. The summed E-state index contributed by atoms with van der Waals surface area (Å²) in [5, 5.41) is 6.02. The van der Waals surface area contributed by atoms with Crippen molar-refractivity contribution in [1.82, 2.24) is 10.3 Å². The first kappa shape index (κ1) is 15.1. The number of hydrogen-bond acceptors (Lipinski definition) is 4. The third-order valence-corrected chi connectivity index (χ3v) is 3.34. The molecule has 2 N–H and O–H groups in total. The molecule has 2 rings (SSSR count). The van der Waals surface area contributed by atoms with E-state index >= 15 is 0 Å². The van der Waals surface area contributed by atoms with Gasteiger partial charge in [0.25, 0.3) is 5.91 Å². The lowest BCUT2D eigenvalue weighted by Gasteiger charge is -2.15. The molecule has 1 amide bonds. The lowest BCUT2D eigenvalue weighted by atomic mass is 10.1. The van der Waals surface area contributed by atoms with Crippen molar-refractivity contribution in [2.45, 2.75) is 32.7 Å². The van der Waals surface area contributed by atoms with E-state index in [2.05, 4.69) is 15.6 Å². The number of pyridine rings is 1. The fraction of sp³-hybridized carbons (Fsp3) is 0.375. The molecule has 5 heteroatoms. The van der Waals surface area contributed by atoms with Gasteiger partial charge < -0.3 is 15.1 Å². The number of nitrogens with zero attached hydrogens (tertiary/aromatic N) is 1. The zero-order chi connectivity index (χ0) is 15.2. The molecule has 2 heterocycles. The van der Waals surface area contributed by atoms with Gasteiger partial charge in [-0.3, -0.25) is 9.78 Å². The summed E-state index contributed by atoms with van der Waals surface area (Å²) in [4.78, 5) is 16.5. The molecule has 1 atom stereocenters. The van der Waals surface area contributed by atoms with Gasteiger partial charge in [-0.15, -0.1) is 0 Å². The van der Waals surface area contributed by atoms with Crippen LogP contribution in [-0.2, 0) is 6.42 Å². The first-order valence-corrected chi connectivity index (χ1v) is 7.07. The van der Waals surface area contributed by atoms with Gasteiger partial charge in [0.05, 0.1) is 17.5 Å². The van der Waals surface area contributed by atoms with Crippen molar-refractivity contribution in [3.8, 4) is 0 Å². The summed E-state index contributed by atoms with van der Waals surface area (Å²) in [5.74, 6) is 0.822. The largest absolute Gasteiger partial charge is 0.469 e. The fourth-order valence-electron chi connectivity index (χ4n) is 2.13. The number of carbonyl (C=O) groups excluding carboxylic acids is 1. The number of aromatic nitrogens is 1. The molecule has 0 aliphatic rings. The van der Waals surface area contributed by atoms with E-state index in [1.165, 1.54) is 0 Å². The Hall–Kier alpha value is -2.30. The van der Waals surface area contributed by atoms with Crippen LogP contribution in [0.5, 0.6) is 0 Å². The average Bonchev–Trinajstić information content (AvgIpc) is 2.98. The lowest BCUT2D eigenvalue weighted by molar-refractivity contribution is 0.0938. The Morgan fingerprint density at radius 2 is 2.29 bits per heavy atom. The summed E-state index contributed by atoms with van der Waals surface area (Å²) in [6, 6.07) is 5.74. The third kappa shape index (κ3) is 4.08. The van der Waals surface area contributed by atoms with Crippen molar-refractivity contribution in [2.75, 3.05) is 12.4 Å². The van der Waals surface area contributed by atoms with E-state index in [4.69, 9.17) is 4.42 Å². The van der Waals surface area contributed by atoms with Crippen LogP contribution in [0.15, 0.2) is 35.1 Å². The maximum absolute atomic E-state index is 12.3. The van der Waals surface area contributed by atoms with Crippen LogP contribution in [0.4, 0.5) is 5.69 Å². The summed E-state index contributed by atoms with van der Waals surface area (Å²) in [6.07, 6.45) is 4.90. The number of aryl methyl sites for hydroxylation is 2. The summed E-state index contributed by atoms with van der Waals surface area (Å²) in [7, 11) is 1.80. The summed E-state index contributed by atoms with van der Waals surface area (Å²) in [5.41, 5.74) is 2.23. The van der Waals surface area contributed by atoms with Crippen LogP contribution in [0.25, 0.3) is 0 Å². The molecule has 2 aromatic heterocycles. The highest BCUT2D eigenvalue weighted by atomic mass is 16.3. The molecule has 112 valence electrons. The second-order valence-corrected chi connectivity index (χ2v) is 5.11. The highest BCUT2D eigenvalue weighted by Gasteiger charge is 2.14. The van der Waals surface area contributed by atoms with Gasteiger partial charge in [-0.2, -0.15) is 0 Å². The minimum Gasteiger partial charge on any atom is -0.469 e. The SMILES string of the molecule is CNc1cc(C)ncc1C(=O)NC(C)CCc1ccco1. The zero-order valence-corrected chi connectivity index (χ0v) is 12.6. The van der Waals surface area contributed by atoms with Crippen molar-refractivity contribution in [1.29, 1.82) is 0 Å². The maximum Gasteiger partial charge on any atom is 0.255 e. The van der Waals surface area contributed by atoms with Crippen LogP contribution in [0.2, 0.25) is 0 Å². The van der Waals surface area contributed by atoms with Gasteiger partial charge in [0.1, 0.15) is 5.76 Å². The van der Waals surface area contributed by atoms with Crippen LogP contribution in [0, 0.1) is 6.92 Å². The summed E-state index contributed by atoms with van der Waals surface area (Å²) >= 11 is 0. The number of nitrogens with one attached hydrogen (secondary N) is 2. The summed E-state index contributed by atoms with van der Waals surface area (Å²) < 4.78 is 5.29. The highest BCUT2D eigenvalue weighted by Crippen LogP contribution is 2.15. The predicted molar refractivity (Wildman–Crippen MR) is 82.5 cm³/mol. The Labute approximate surface area is 124 Å². The number of carbonyl (C=O) groups is 1. The van der Waals surface area contributed by atoms with Crippen molar-refractivity contribution in [3.05, 3.63) is 47.7 Å². The Morgan fingerprint density at radius 1 is 1.48 bits per heavy atom. The minimum atomic E-state index is -0.112. The molecule has 0 aromatic carbocycles. The number of amides is 1. The lowest BCUT2D eigenvalue weighted by Crippen LogP contribution is -2.33. The molecule has 0 saturated carbocycles. The van der Waals surface area contributed by atoms with E-state index in [9.17, 15) is 4.79 Å². The molecule has 0 spiro atoms. The van der Waals surface area contributed by atoms with E-state index in [1.54, 1.807) is 19.5 Å². The van der Waals surface area contributed by atoms with Gasteiger partial charge in [-0.05, 0) is 38.5 Å². The molecule has 0 fully saturated rings. The van der Waals surface area contributed by atoms with E-state index < -0.39 is 0 Å². The number of hydrogen-bond donors (Lipinski definition) is 2. The fourth-order valence-corrected chi connectivity index (χ4v) is 2.13. The molecule has 0 aliphatic heterocycles. The molecule has 0 bridgehead atoms. The number of anilines is 1. The Balaban J connectivity index is 1.94. The Kier molecular flexibility index (Phi) is 4.98. The monoisotopic (exact) mass is 287 g/mol. The summed E-state index contributed by atoms with van der Waals surface area (Å²) in [6.45, 7) is 3.88. The first-order valence-electron chi connectivity index (χ1n) is 7.07. The second kappa shape index (κ2) is 6.92. The molecule has 21 heavy (non-hydrogen) atoms. The van der Waals surface area contributed by atoms with Gasteiger partial charge in [-0.25, -0.2) is 0 Å². The van der Waals surface area contributed by atoms with Gasteiger partial charge in [0.2, 0.25) is 0 Å². The first-order chi connectivity index (χ1) is 10.1. The van der Waals surface area contributed by atoms with Gasteiger partial charge in [0.15, 0.2) is 0 Å². The van der Waals surface area contributed by atoms with Gasteiger partial charge in [0, 0.05) is 31.4 Å².